The second kappa shape index (κ2) is 4.95. The topological polar surface area (TPSA) is 55.3 Å². The predicted octanol–water partition coefficient (Wildman–Crippen LogP) is 0.793. The Bertz CT molecular complexity index is 325. The number of hydrogen-bond acceptors (Lipinski definition) is 3. The molecule has 0 radical (unpaired) electrons. The van der Waals surface area contributed by atoms with Crippen LogP contribution in [0.3, 0.4) is 0 Å². The van der Waals surface area contributed by atoms with Crippen LogP contribution in [0.15, 0.2) is 30.3 Å². The number of likely N-dealkylation sites (tertiary alicyclic amines) is 1. The lowest BCUT2D eigenvalue weighted by molar-refractivity contribution is 0.235. The largest absolute Gasteiger partial charge is 0.330 e. The third kappa shape index (κ3) is 2.26. The van der Waals surface area contributed by atoms with Crippen LogP contribution >= 0.6 is 0 Å². The third-order valence-electron chi connectivity index (χ3n) is 3.69. The van der Waals surface area contributed by atoms with Crippen molar-refractivity contribution in [3.63, 3.8) is 0 Å². The number of hydrogen-bond donors (Lipinski definition) is 2. The van der Waals surface area contributed by atoms with Gasteiger partial charge in [0, 0.05) is 31.1 Å². The highest BCUT2D eigenvalue weighted by molar-refractivity contribution is 5.15. The lowest BCUT2D eigenvalue weighted by Crippen LogP contribution is -2.36. The molecular weight excluding hydrogens is 198 g/mol. The van der Waals surface area contributed by atoms with E-state index < -0.39 is 0 Å². The van der Waals surface area contributed by atoms with Crippen molar-refractivity contribution in [2.75, 3.05) is 13.1 Å². The molecule has 0 spiro atoms. The number of nitrogens with two attached hydrogens (primary N) is 2. The number of rotatable bonds is 3. The van der Waals surface area contributed by atoms with E-state index in [1.54, 1.807) is 0 Å². The molecule has 1 aliphatic rings. The van der Waals surface area contributed by atoms with Crippen LogP contribution in [0.25, 0.3) is 0 Å². The van der Waals surface area contributed by atoms with E-state index in [9.17, 15) is 0 Å². The Hall–Kier alpha value is -0.900. The summed E-state index contributed by atoms with van der Waals surface area (Å²) in [6.07, 6.45) is 0. The molecule has 0 amide bonds. The molecular formula is C13H21N3. The zero-order valence-corrected chi connectivity index (χ0v) is 9.84. The van der Waals surface area contributed by atoms with Crippen LogP contribution in [0.4, 0.5) is 0 Å². The van der Waals surface area contributed by atoms with Gasteiger partial charge in [-0.2, -0.15) is 0 Å². The maximum absolute atomic E-state index is 6.10. The molecule has 3 atom stereocenters. The van der Waals surface area contributed by atoms with Gasteiger partial charge in [0.05, 0.1) is 0 Å². The van der Waals surface area contributed by atoms with Gasteiger partial charge >= 0.3 is 0 Å². The number of nitrogens with zero attached hydrogens (tertiary/aromatic N) is 1. The molecule has 1 aromatic rings. The average molecular weight is 219 g/mol. The van der Waals surface area contributed by atoms with Crippen molar-refractivity contribution in [2.24, 2.45) is 17.4 Å². The van der Waals surface area contributed by atoms with Crippen LogP contribution in [0.2, 0.25) is 0 Å². The van der Waals surface area contributed by atoms with Gasteiger partial charge in [0.25, 0.3) is 0 Å². The van der Waals surface area contributed by atoms with E-state index in [2.05, 4.69) is 36.1 Å². The van der Waals surface area contributed by atoms with Crippen molar-refractivity contribution in [2.45, 2.75) is 25.6 Å². The van der Waals surface area contributed by atoms with E-state index in [-0.39, 0.29) is 6.04 Å². The average Bonchev–Trinajstić information content (AvgIpc) is 2.55. The molecule has 1 saturated heterocycles. The first-order chi connectivity index (χ1) is 7.72. The summed E-state index contributed by atoms with van der Waals surface area (Å²) in [5.41, 5.74) is 13.2. The molecule has 1 aliphatic heterocycles. The second-order valence-electron chi connectivity index (χ2n) is 4.72. The molecule has 1 fully saturated rings. The summed E-state index contributed by atoms with van der Waals surface area (Å²) >= 11 is 0. The Kier molecular flexibility index (Phi) is 3.59. The highest BCUT2D eigenvalue weighted by atomic mass is 15.2. The Morgan fingerprint density at radius 2 is 2.00 bits per heavy atom. The molecule has 4 N–H and O–H groups in total. The summed E-state index contributed by atoms with van der Waals surface area (Å²) in [5, 5.41) is 0. The summed E-state index contributed by atoms with van der Waals surface area (Å²) in [6.45, 7) is 4.85. The van der Waals surface area contributed by atoms with E-state index in [1.807, 2.05) is 6.07 Å². The van der Waals surface area contributed by atoms with Crippen LogP contribution in [-0.4, -0.2) is 30.1 Å². The molecule has 2 rings (SSSR count). The molecule has 0 bridgehead atoms. The SMILES string of the molecule is CC1C(CN)C(N)CN1Cc1ccccc1. The van der Waals surface area contributed by atoms with E-state index in [0.717, 1.165) is 13.1 Å². The minimum Gasteiger partial charge on any atom is -0.330 e. The van der Waals surface area contributed by atoms with Crippen molar-refractivity contribution >= 4 is 0 Å². The summed E-state index contributed by atoms with van der Waals surface area (Å²) in [4.78, 5) is 2.43. The summed E-state index contributed by atoms with van der Waals surface area (Å²) in [6, 6.07) is 11.2. The van der Waals surface area contributed by atoms with Crippen LogP contribution in [0, 0.1) is 5.92 Å². The van der Waals surface area contributed by atoms with Gasteiger partial charge in [-0.15, -0.1) is 0 Å². The minimum absolute atomic E-state index is 0.226. The van der Waals surface area contributed by atoms with Crippen molar-refractivity contribution < 1.29 is 0 Å². The standard InChI is InChI=1S/C13H21N3/c1-10-12(7-14)13(15)9-16(10)8-11-5-3-2-4-6-11/h2-6,10,12-13H,7-9,14-15H2,1H3. The minimum atomic E-state index is 0.226. The molecule has 3 heteroatoms. The number of benzene rings is 1. The molecule has 3 unspecified atom stereocenters. The van der Waals surface area contributed by atoms with Crippen molar-refractivity contribution in [3.05, 3.63) is 35.9 Å². The van der Waals surface area contributed by atoms with Crippen LogP contribution in [-0.2, 0) is 6.54 Å². The normalized spacial score (nSPS) is 30.8. The second-order valence-corrected chi connectivity index (χ2v) is 4.72. The van der Waals surface area contributed by atoms with Gasteiger partial charge in [-0.25, -0.2) is 0 Å². The molecule has 1 aromatic carbocycles. The maximum Gasteiger partial charge on any atom is 0.0237 e. The first-order valence-corrected chi connectivity index (χ1v) is 5.96. The highest BCUT2D eigenvalue weighted by Crippen LogP contribution is 2.24. The van der Waals surface area contributed by atoms with Crippen LogP contribution in [0.5, 0.6) is 0 Å². The summed E-state index contributed by atoms with van der Waals surface area (Å²) in [7, 11) is 0. The van der Waals surface area contributed by atoms with E-state index in [0.29, 0.717) is 18.5 Å². The third-order valence-corrected chi connectivity index (χ3v) is 3.69. The quantitative estimate of drug-likeness (QED) is 0.790. The monoisotopic (exact) mass is 219 g/mol. The van der Waals surface area contributed by atoms with Crippen LogP contribution in [0.1, 0.15) is 12.5 Å². The fraction of sp³-hybridized carbons (Fsp3) is 0.538. The first-order valence-electron chi connectivity index (χ1n) is 5.96. The van der Waals surface area contributed by atoms with E-state index in [4.69, 9.17) is 11.5 Å². The zero-order chi connectivity index (χ0) is 11.5. The molecule has 88 valence electrons. The molecule has 3 nitrogen and oxygen atoms in total. The summed E-state index contributed by atoms with van der Waals surface area (Å²) in [5.74, 6) is 0.434. The molecule has 0 aliphatic carbocycles. The van der Waals surface area contributed by atoms with Crippen molar-refractivity contribution in [3.8, 4) is 0 Å². The Morgan fingerprint density at radius 1 is 1.31 bits per heavy atom. The van der Waals surface area contributed by atoms with Gasteiger partial charge < -0.3 is 11.5 Å². The summed E-state index contributed by atoms with van der Waals surface area (Å²) < 4.78 is 0. The smallest absolute Gasteiger partial charge is 0.0237 e. The highest BCUT2D eigenvalue weighted by Gasteiger charge is 2.35. The fourth-order valence-corrected chi connectivity index (χ4v) is 2.60. The van der Waals surface area contributed by atoms with Gasteiger partial charge in [0.2, 0.25) is 0 Å². The van der Waals surface area contributed by atoms with Gasteiger partial charge in [-0.3, -0.25) is 4.90 Å². The first kappa shape index (κ1) is 11.6. The molecule has 16 heavy (non-hydrogen) atoms. The molecule has 0 aromatic heterocycles. The molecule has 0 saturated carbocycles. The Morgan fingerprint density at radius 3 is 2.56 bits per heavy atom. The Balaban J connectivity index is 2.02. The molecule has 1 heterocycles. The van der Waals surface area contributed by atoms with E-state index in [1.165, 1.54) is 5.56 Å². The van der Waals surface area contributed by atoms with Crippen molar-refractivity contribution in [1.29, 1.82) is 0 Å². The predicted molar refractivity (Wildman–Crippen MR) is 66.8 cm³/mol. The van der Waals surface area contributed by atoms with Gasteiger partial charge in [-0.05, 0) is 19.0 Å². The lowest BCUT2D eigenvalue weighted by Gasteiger charge is -2.23. The van der Waals surface area contributed by atoms with Crippen LogP contribution < -0.4 is 11.5 Å². The zero-order valence-electron chi connectivity index (χ0n) is 9.84. The fourth-order valence-electron chi connectivity index (χ4n) is 2.60. The lowest BCUT2D eigenvalue weighted by atomic mass is 9.98. The van der Waals surface area contributed by atoms with Gasteiger partial charge in [0.15, 0.2) is 0 Å². The Labute approximate surface area is 97.4 Å². The van der Waals surface area contributed by atoms with Gasteiger partial charge in [0.1, 0.15) is 0 Å². The van der Waals surface area contributed by atoms with Gasteiger partial charge in [-0.1, -0.05) is 30.3 Å². The van der Waals surface area contributed by atoms with Crippen molar-refractivity contribution in [1.82, 2.24) is 4.90 Å². The maximum atomic E-state index is 6.10. The van der Waals surface area contributed by atoms with E-state index >= 15 is 0 Å².